The molecule has 8 heteroatoms. The van der Waals surface area contributed by atoms with Crippen LogP contribution in [0.1, 0.15) is 6.42 Å². The van der Waals surface area contributed by atoms with E-state index in [0.29, 0.717) is 0 Å². The molecular weight excluding hydrogens is 219 g/mol. The first kappa shape index (κ1) is 16.4. The minimum Gasteiger partial charge on any atom is -0.770 e. The molecule has 6 nitrogen and oxygen atoms in total. The Bertz CT molecular complexity index is 267. The summed E-state index contributed by atoms with van der Waals surface area (Å²) in [5.74, 6) is 0. The minimum absolute atomic E-state index is 0. The van der Waals surface area contributed by atoms with Crippen LogP contribution in [0.25, 0.3) is 0 Å². The number of rotatable bonds is 3. The third kappa shape index (κ3) is 3.60. The molecule has 74 valence electrons. The van der Waals surface area contributed by atoms with E-state index in [1.807, 2.05) is 5.43 Å². The van der Waals surface area contributed by atoms with Crippen molar-refractivity contribution in [1.82, 2.24) is 5.43 Å². The number of nitrogens with zero attached hydrogens (tertiary/aromatic N) is 1. The number of hydrogen-bond acceptors (Lipinski definition) is 4. The Kier molecular flexibility index (Phi) is 8.51. The van der Waals surface area contributed by atoms with Gasteiger partial charge in [-0.1, -0.05) is 18.2 Å². The normalized spacial score (nSPS) is 25.5. The molecule has 0 saturated carbocycles. The summed E-state index contributed by atoms with van der Waals surface area (Å²) in [5, 5.41) is 2.37. The van der Waals surface area contributed by atoms with Gasteiger partial charge >= 0.3 is 29.6 Å². The molecule has 2 atom stereocenters. The molecule has 0 amide bonds. The molecule has 1 aliphatic carbocycles. The van der Waals surface area contributed by atoms with Gasteiger partial charge in [0.15, 0.2) is 0 Å². The summed E-state index contributed by atoms with van der Waals surface area (Å²) in [6, 6.07) is 0. The zero-order chi connectivity index (χ0) is 9.03. The minimum atomic E-state index is -2.40. The summed E-state index contributed by atoms with van der Waals surface area (Å²) in [4.78, 5) is 8.54. The second-order valence-electron chi connectivity index (χ2n) is 2.32. The van der Waals surface area contributed by atoms with Gasteiger partial charge in [-0.05, 0) is 17.2 Å². The SMILES string of the molecule is O.O=NNC1(S(=O)[O-])C=CC=CC1.[Na+]. The van der Waals surface area contributed by atoms with Gasteiger partial charge < -0.3 is 10.0 Å². The van der Waals surface area contributed by atoms with E-state index in [-0.39, 0.29) is 41.5 Å². The van der Waals surface area contributed by atoms with E-state index in [9.17, 15) is 13.7 Å². The molecule has 0 spiro atoms. The van der Waals surface area contributed by atoms with Crippen molar-refractivity contribution < 1.29 is 43.8 Å². The Labute approximate surface area is 106 Å². The first-order chi connectivity index (χ1) is 5.71. The monoisotopic (exact) mass is 228 g/mol. The maximum Gasteiger partial charge on any atom is 1.00 e. The van der Waals surface area contributed by atoms with E-state index in [4.69, 9.17) is 0 Å². The Morgan fingerprint density at radius 1 is 1.50 bits per heavy atom. The maximum absolute atomic E-state index is 10.7. The molecule has 0 radical (unpaired) electrons. The zero-order valence-corrected chi connectivity index (χ0v) is 10.4. The van der Waals surface area contributed by atoms with Gasteiger partial charge in [-0.25, -0.2) is 0 Å². The summed E-state index contributed by atoms with van der Waals surface area (Å²) in [6.45, 7) is 0. The van der Waals surface area contributed by atoms with Crippen LogP contribution in [0, 0.1) is 4.91 Å². The van der Waals surface area contributed by atoms with Crippen molar-refractivity contribution in [3.63, 3.8) is 0 Å². The second kappa shape index (κ2) is 7.27. The van der Waals surface area contributed by atoms with E-state index < -0.39 is 16.0 Å². The zero-order valence-electron chi connectivity index (χ0n) is 7.60. The van der Waals surface area contributed by atoms with Crippen molar-refractivity contribution in [3.8, 4) is 0 Å². The van der Waals surface area contributed by atoms with Crippen molar-refractivity contribution in [2.75, 3.05) is 0 Å². The second-order valence-corrected chi connectivity index (χ2v) is 3.52. The molecule has 0 fully saturated rings. The summed E-state index contributed by atoms with van der Waals surface area (Å²) in [5.41, 5.74) is 2.02. The molecule has 0 aromatic heterocycles. The fourth-order valence-corrected chi connectivity index (χ4v) is 1.46. The summed E-state index contributed by atoms with van der Waals surface area (Å²) in [7, 11) is 0. The largest absolute Gasteiger partial charge is 1.00 e. The van der Waals surface area contributed by atoms with Crippen molar-refractivity contribution in [2.24, 2.45) is 5.29 Å². The van der Waals surface area contributed by atoms with Gasteiger partial charge in [0.2, 0.25) is 0 Å². The Balaban J connectivity index is 0. The predicted octanol–water partition coefficient (Wildman–Crippen LogP) is -3.47. The van der Waals surface area contributed by atoms with Crippen LogP contribution >= 0.6 is 0 Å². The molecule has 0 aliphatic heterocycles. The Hall–Kier alpha value is -0.0500. The molecule has 0 heterocycles. The van der Waals surface area contributed by atoms with E-state index in [0.717, 1.165) is 0 Å². The standard InChI is InChI=1S/C6H8N2O3S.Na.H2O/c9-8-7-6(12(10)11)4-2-1-3-5-6;;/h1-4H,5H2,(H,7,9)(H,10,11);;1H2/q;+1;/p-1. The molecular formula is C6H9N2NaO4S. The van der Waals surface area contributed by atoms with Crippen LogP contribution in [0.15, 0.2) is 29.6 Å². The molecule has 1 rings (SSSR count). The molecule has 1 aliphatic rings. The van der Waals surface area contributed by atoms with Crippen LogP contribution in [0.5, 0.6) is 0 Å². The number of allylic oxidation sites excluding steroid dienone is 2. The predicted molar refractivity (Wildman–Crippen MR) is 47.1 cm³/mol. The van der Waals surface area contributed by atoms with Gasteiger partial charge in [0.05, 0.1) is 5.29 Å². The Morgan fingerprint density at radius 2 is 2.14 bits per heavy atom. The molecule has 0 aromatic carbocycles. The van der Waals surface area contributed by atoms with Gasteiger partial charge in [0.1, 0.15) is 4.87 Å². The molecule has 0 aromatic rings. The first-order valence-corrected chi connectivity index (χ1v) is 4.32. The van der Waals surface area contributed by atoms with Crippen LogP contribution < -0.4 is 35.0 Å². The quantitative estimate of drug-likeness (QED) is 0.234. The third-order valence-electron chi connectivity index (χ3n) is 1.57. The molecule has 3 N–H and O–H groups in total. The average molecular weight is 228 g/mol. The van der Waals surface area contributed by atoms with Crippen LogP contribution in [0.4, 0.5) is 0 Å². The van der Waals surface area contributed by atoms with Gasteiger partial charge in [-0.15, -0.1) is 4.91 Å². The smallest absolute Gasteiger partial charge is 0.770 e. The fraction of sp³-hybridized carbons (Fsp3) is 0.333. The summed E-state index contributed by atoms with van der Waals surface area (Å²) in [6.07, 6.45) is 6.51. The van der Waals surface area contributed by atoms with Crippen LogP contribution in [-0.4, -0.2) is 19.1 Å². The van der Waals surface area contributed by atoms with E-state index in [1.54, 1.807) is 18.2 Å². The molecule has 2 unspecified atom stereocenters. The van der Waals surface area contributed by atoms with Crippen molar-refractivity contribution in [1.29, 1.82) is 0 Å². The molecule has 0 bridgehead atoms. The van der Waals surface area contributed by atoms with Crippen molar-refractivity contribution in [2.45, 2.75) is 11.3 Å². The van der Waals surface area contributed by atoms with Gasteiger partial charge in [0, 0.05) is 6.42 Å². The van der Waals surface area contributed by atoms with E-state index in [1.165, 1.54) is 6.08 Å². The fourth-order valence-electron chi connectivity index (χ4n) is 0.922. The Morgan fingerprint density at radius 3 is 2.50 bits per heavy atom. The molecule has 0 saturated heterocycles. The van der Waals surface area contributed by atoms with Crippen molar-refractivity contribution >= 4 is 11.1 Å². The van der Waals surface area contributed by atoms with Gasteiger partial charge in [0.25, 0.3) is 0 Å². The van der Waals surface area contributed by atoms with E-state index in [2.05, 4.69) is 5.29 Å². The van der Waals surface area contributed by atoms with E-state index >= 15 is 0 Å². The summed E-state index contributed by atoms with van der Waals surface area (Å²) >= 11 is -2.40. The number of nitroso groups, excluding NO2 is 1. The summed E-state index contributed by atoms with van der Waals surface area (Å²) < 4.78 is 21.4. The van der Waals surface area contributed by atoms with Crippen LogP contribution in [-0.2, 0) is 11.1 Å². The van der Waals surface area contributed by atoms with Crippen LogP contribution in [0.2, 0.25) is 0 Å². The van der Waals surface area contributed by atoms with Gasteiger partial charge in [-0.3, -0.25) is 9.63 Å². The maximum atomic E-state index is 10.7. The number of nitrogens with one attached hydrogen (secondary N) is 1. The first-order valence-electron chi connectivity index (χ1n) is 3.24. The average Bonchev–Trinajstić information content (AvgIpc) is 2.06. The van der Waals surface area contributed by atoms with Gasteiger partial charge in [-0.2, -0.15) is 0 Å². The number of hydrogen-bond donors (Lipinski definition) is 1. The third-order valence-corrected chi connectivity index (χ3v) is 2.55. The van der Waals surface area contributed by atoms with Crippen molar-refractivity contribution in [3.05, 3.63) is 29.2 Å². The topological polar surface area (TPSA) is 113 Å². The molecule has 14 heavy (non-hydrogen) atoms. The van der Waals surface area contributed by atoms with Crippen LogP contribution in [0.3, 0.4) is 0 Å².